The van der Waals surface area contributed by atoms with E-state index in [4.69, 9.17) is 11.6 Å². The fraction of sp³-hybridized carbons (Fsp3) is 0.769. The van der Waals surface area contributed by atoms with Gasteiger partial charge in [-0.2, -0.15) is 5.10 Å². The van der Waals surface area contributed by atoms with Crippen LogP contribution in [0, 0.1) is 0 Å². The van der Waals surface area contributed by atoms with Crippen LogP contribution in [-0.4, -0.2) is 26.6 Å². The second-order valence-electron chi connectivity index (χ2n) is 4.79. The smallest absolute Gasteiger partial charge is 0.243 e. The minimum atomic E-state index is 0.179. The maximum absolute atomic E-state index is 6.33. The van der Waals surface area contributed by atoms with E-state index in [1.165, 1.54) is 12.8 Å². The largest absolute Gasteiger partial charge is 0.349 e. The third-order valence-electron chi connectivity index (χ3n) is 3.51. The van der Waals surface area contributed by atoms with Crippen molar-refractivity contribution in [3.63, 3.8) is 0 Å². The van der Waals surface area contributed by atoms with Gasteiger partial charge in [0.1, 0.15) is 0 Å². The van der Waals surface area contributed by atoms with E-state index in [1.54, 1.807) is 0 Å². The third-order valence-corrected chi connectivity index (χ3v) is 4.03. The Hall–Kier alpha value is -0.900. The van der Waals surface area contributed by atoms with E-state index in [0.717, 1.165) is 37.1 Å². The van der Waals surface area contributed by atoms with E-state index in [-0.39, 0.29) is 11.4 Å². The molecular formula is C13H21ClN4. The molecule has 0 spiro atoms. The van der Waals surface area contributed by atoms with Crippen LogP contribution in [0.25, 0.3) is 0 Å². The molecule has 0 aliphatic heterocycles. The summed E-state index contributed by atoms with van der Waals surface area (Å²) in [5.41, 5.74) is 2.03. The summed E-state index contributed by atoms with van der Waals surface area (Å²) in [5, 5.41) is 11.9. The number of hydrogen-bond donors (Lipinski definition) is 1. The number of anilines is 1. The summed E-state index contributed by atoms with van der Waals surface area (Å²) in [6.45, 7) is 4.17. The summed E-state index contributed by atoms with van der Waals surface area (Å²) >= 11 is 6.33. The van der Waals surface area contributed by atoms with E-state index in [9.17, 15) is 0 Å². The molecule has 1 aromatic rings. The highest BCUT2D eigenvalue weighted by Crippen LogP contribution is 2.25. The number of rotatable bonds is 4. The van der Waals surface area contributed by atoms with Crippen LogP contribution in [-0.2, 0) is 12.8 Å². The molecule has 18 heavy (non-hydrogen) atoms. The highest BCUT2D eigenvalue weighted by Gasteiger charge is 2.23. The van der Waals surface area contributed by atoms with Crippen LogP contribution in [0.5, 0.6) is 0 Å². The van der Waals surface area contributed by atoms with Crippen LogP contribution in [0.15, 0.2) is 0 Å². The minimum absolute atomic E-state index is 0.179. The quantitative estimate of drug-likeness (QED) is 0.853. The first-order valence-electron chi connectivity index (χ1n) is 6.87. The Morgan fingerprint density at radius 2 is 1.83 bits per heavy atom. The van der Waals surface area contributed by atoms with Crippen molar-refractivity contribution in [1.29, 1.82) is 0 Å². The zero-order valence-corrected chi connectivity index (χ0v) is 11.9. The average Bonchev–Trinajstić information content (AvgIpc) is 2.41. The monoisotopic (exact) mass is 268 g/mol. The Morgan fingerprint density at radius 3 is 2.50 bits per heavy atom. The lowest BCUT2D eigenvalue weighted by molar-refractivity contribution is 0.467. The molecule has 0 saturated heterocycles. The number of hydrogen-bond acceptors (Lipinski definition) is 4. The van der Waals surface area contributed by atoms with Gasteiger partial charge in [-0.3, -0.25) is 0 Å². The summed E-state index contributed by atoms with van der Waals surface area (Å²) in [4.78, 5) is 4.55. The SMILES string of the molecule is CCc1nnc(NC2CCCCC2Cl)nc1CC. The molecule has 2 unspecified atom stereocenters. The van der Waals surface area contributed by atoms with Crippen molar-refractivity contribution in [1.82, 2.24) is 15.2 Å². The van der Waals surface area contributed by atoms with Crippen LogP contribution in [0.3, 0.4) is 0 Å². The van der Waals surface area contributed by atoms with Gasteiger partial charge in [0.05, 0.1) is 16.8 Å². The molecule has 0 radical (unpaired) electrons. The van der Waals surface area contributed by atoms with Gasteiger partial charge >= 0.3 is 0 Å². The maximum Gasteiger partial charge on any atom is 0.243 e. The first-order chi connectivity index (χ1) is 8.74. The Labute approximate surface area is 114 Å². The Kier molecular flexibility index (Phi) is 4.75. The first kappa shape index (κ1) is 13.5. The molecule has 1 aliphatic carbocycles. The molecule has 2 rings (SSSR count). The van der Waals surface area contributed by atoms with Crippen LogP contribution in [0.1, 0.15) is 50.9 Å². The predicted octanol–water partition coefficient (Wildman–Crippen LogP) is 2.96. The normalized spacial score (nSPS) is 23.9. The molecule has 4 nitrogen and oxygen atoms in total. The van der Waals surface area contributed by atoms with Crippen LogP contribution in [0.4, 0.5) is 5.95 Å². The number of nitrogens with one attached hydrogen (secondary N) is 1. The number of alkyl halides is 1. The van der Waals surface area contributed by atoms with E-state index in [2.05, 4.69) is 34.3 Å². The van der Waals surface area contributed by atoms with Crippen LogP contribution in [0.2, 0.25) is 0 Å². The summed E-state index contributed by atoms with van der Waals surface area (Å²) in [5.74, 6) is 0.626. The molecule has 1 saturated carbocycles. The standard InChI is InChI=1S/C13H21ClN4/c1-3-10-11(4-2)17-18-13(15-10)16-12-8-6-5-7-9(12)14/h9,12H,3-8H2,1-2H3,(H,15,16,18). The van der Waals surface area contributed by atoms with Gasteiger partial charge in [-0.05, 0) is 25.7 Å². The Morgan fingerprint density at radius 1 is 1.11 bits per heavy atom. The van der Waals surface area contributed by atoms with Gasteiger partial charge in [-0.1, -0.05) is 26.7 Å². The van der Waals surface area contributed by atoms with E-state index in [0.29, 0.717) is 5.95 Å². The molecule has 1 aromatic heterocycles. The van der Waals surface area contributed by atoms with Crippen molar-refractivity contribution in [2.45, 2.75) is 63.8 Å². The van der Waals surface area contributed by atoms with Gasteiger partial charge in [-0.25, -0.2) is 4.98 Å². The molecule has 1 heterocycles. The summed E-state index contributed by atoms with van der Waals surface area (Å²) in [6.07, 6.45) is 6.38. The maximum atomic E-state index is 6.33. The van der Waals surface area contributed by atoms with Gasteiger partial charge in [-0.15, -0.1) is 16.7 Å². The third kappa shape index (κ3) is 3.10. The van der Waals surface area contributed by atoms with Gasteiger partial charge in [0.25, 0.3) is 0 Å². The summed E-state index contributed by atoms with van der Waals surface area (Å²) in [6, 6.07) is 0.277. The van der Waals surface area contributed by atoms with Crippen molar-refractivity contribution < 1.29 is 0 Å². The molecule has 5 heteroatoms. The van der Waals surface area contributed by atoms with Gasteiger partial charge in [0, 0.05) is 6.04 Å². The fourth-order valence-corrected chi connectivity index (χ4v) is 2.76. The fourth-order valence-electron chi connectivity index (χ4n) is 2.41. The van der Waals surface area contributed by atoms with Crippen LogP contribution >= 0.6 is 11.6 Å². The Bertz CT molecular complexity index is 397. The number of aryl methyl sites for hydroxylation is 2. The topological polar surface area (TPSA) is 50.7 Å². The lowest BCUT2D eigenvalue weighted by Gasteiger charge is -2.27. The molecule has 0 bridgehead atoms. The van der Waals surface area contributed by atoms with Crippen molar-refractivity contribution in [2.24, 2.45) is 0 Å². The highest BCUT2D eigenvalue weighted by molar-refractivity contribution is 6.21. The summed E-state index contributed by atoms with van der Waals surface area (Å²) in [7, 11) is 0. The Balaban J connectivity index is 2.08. The zero-order valence-electron chi connectivity index (χ0n) is 11.1. The minimum Gasteiger partial charge on any atom is -0.349 e. The van der Waals surface area contributed by atoms with E-state index >= 15 is 0 Å². The number of aromatic nitrogens is 3. The molecule has 1 fully saturated rings. The molecule has 2 atom stereocenters. The van der Waals surface area contributed by atoms with Crippen molar-refractivity contribution in [3.8, 4) is 0 Å². The second kappa shape index (κ2) is 6.32. The molecule has 0 aromatic carbocycles. The molecule has 100 valence electrons. The van der Waals surface area contributed by atoms with E-state index < -0.39 is 0 Å². The van der Waals surface area contributed by atoms with Gasteiger partial charge in [0.2, 0.25) is 5.95 Å². The lowest BCUT2D eigenvalue weighted by atomic mass is 9.95. The predicted molar refractivity (Wildman–Crippen MR) is 74.1 cm³/mol. The molecule has 0 amide bonds. The average molecular weight is 269 g/mol. The van der Waals surface area contributed by atoms with Crippen molar-refractivity contribution in [2.75, 3.05) is 5.32 Å². The molecule has 1 N–H and O–H groups in total. The lowest BCUT2D eigenvalue weighted by Crippen LogP contribution is -2.33. The summed E-state index contributed by atoms with van der Waals surface area (Å²) < 4.78 is 0. The highest BCUT2D eigenvalue weighted by atomic mass is 35.5. The zero-order chi connectivity index (χ0) is 13.0. The van der Waals surface area contributed by atoms with Crippen LogP contribution < -0.4 is 5.32 Å². The number of halogens is 1. The molecular weight excluding hydrogens is 248 g/mol. The first-order valence-corrected chi connectivity index (χ1v) is 7.31. The van der Waals surface area contributed by atoms with Crippen molar-refractivity contribution >= 4 is 17.5 Å². The van der Waals surface area contributed by atoms with Gasteiger partial charge in [0.15, 0.2) is 0 Å². The van der Waals surface area contributed by atoms with Gasteiger partial charge < -0.3 is 5.32 Å². The van der Waals surface area contributed by atoms with E-state index in [1.807, 2.05) is 0 Å². The van der Waals surface area contributed by atoms with Crippen molar-refractivity contribution in [3.05, 3.63) is 11.4 Å². The number of nitrogens with zero attached hydrogens (tertiary/aromatic N) is 3. The second-order valence-corrected chi connectivity index (χ2v) is 5.35. The molecule has 1 aliphatic rings.